The molecule has 0 aliphatic rings. The Labute approximate surface area is 114 Å². The van der Waals surface area contributed by atoms with Crippen LogP contribution in [0.3, 0.4) is 0 Å². The summed E-state index contributed by atoms with van der Waals surface area (Å²) in [7, 11) is 1.51. The van der Waals surface area contributed by atoms with Crippen LogP contribution in [0.2, 0.25) is 0 Å². The highest BCUT2D eigenvalue weighted by Crippen LogP contribution is 2.28. The Balaban J connectivity index is 2.26. The summed E-state index contributed by atoms with van der Waals surface area (Å²) in [4.78, 5) is 18.1. The summed E-state index contributed by atoms with van der Waals surface area (Å²) < 4.78 is 4.92. The Morgan fingerprint density at radius 2 is 2.20 bits per heavy atom. The van der Waals surface area contributed by atoms with E-state index in [9.17, 15) is 15.2 Å². The highest BCUT2D eigenvalue weighted by Gasteiger charge is 2.14. The maximum atomic E-state index is 10.7. The van der Waals surface area contributed by atoms with Gasteiger partial charge in [-0.1, -0.05) is 6.07 Å². The molecule has 0 amide bonds. The molecule has 0 unspecified atom stereocenters. The van der Waals surface area contributed by atoms with E-state index < -0.39 is 10.7 Å². The fraction of sp³-hybridized carbons (Fsp3) is 0.0769. The van der Waals surface area contributed by atoms with Gasteiger partial charge in [0.15, 0.2) is 0 Å². The van der Waals surface area contributed by atoms with Crippen LogP contribution >= 0.6 is 0 Å². The monoisotopic (exact) mass is 273 g/mol. The zero-order valence-corrected chi connectivity index (χ0v) is 10.6. The summed E-state index contributed by atoms with van der Waals surface area (Å²) in [5.74, 6) is 0.0462. The SMILES string of the molecule is COc1ccc(N=Cc2cccc([N+](=O)[O-])c2O)cn1. The number of ether oxygens (including phenoxy) is 1. The molecule has 0 atom stereocenters. The molecule has 0 spiro atoms. The topological polar surface area (TPSA) is 97.9 Å². The second-order valence-corrected chi connectivity index (χ2v) is 3.79. The number of nitro benzene ring substituents is 1. The number of phenolic OH excluding ortho intramolecular Hbond substituents is 1. The fourth-order valence-electron chi connectivity index (χ4n) is 1.51. The van der Waals surface area contributed by atoms with Crippen LogP contribution in [-0.4, -0.2) is 28.3 Å². The van der Waals surface area contributed by atoms with Gasteiger partial charge in [-0.25, -0.2) is 4.98 Å². The number of aromatic nitrogens is 1. The fourth-order valence-corrected chi connectivity index (χ4v) is 1.51. The lowest BCUT2D eigenvalue weighted by Crippen LogP contribution is -1.91. The normalized spacial score (nSPS) is 10.7. The molecule has 7 nitrogen and oxygen atoms in total. The number of rotatable bonds is 4. The van der Waals surface area contributed by atoms with Gasteiger partial charge in [0.1, 0.15) is 0 Å². The number of pyridine rings is 1. The Kier molecular flexibility index (Phi) is 3.90. The lowest BCUT2D eigenvalue weighted by molar-refractivity contribution is -0.385. The minimum absolute atomic E-state index is 0.259. The van der Waals surface area contributed by atoms with Crippen molar-refractivity contribution in [1.29, 1.82) is 0 Å². The number of para-hydroxylation sites is 1. The molecule has 1 aromatic heterocycles. The van der Waals surface area contributed by atoms with Gasteiger partial charge in [0, 0.05) is 23.9 Å². The Hall–Kier alpha value is -2.96. The number of phenols is 1. The number of methoxy groups -OCH3 is 1. The molecule has 1 N–H and O–H groups in total. The van der Waals surface area contributed by atoms with E-state index in [1.807, 2.05) is 0 Å². The van der Waals surface area contributed by atoms with Crippen molar-refractivity contribution >= 4 is 17.6 Å². The van der Waals surface area contributed by atoms with Crippen molar-refractivity contribution < 1.29 is 14.8 Å². The first-order chi connectivity index (χ1) is 9.61. The van der Waals surface area contributed by atoms with Crippen molar-refractivity contribution in [3.05, 3.63) is 52.2 Å². The highest BCUT2D eigenvalue weighted by atomic mass is 16.6. The first-order valence-electron chi connectivity index (χ1n) is 5.62. The van der Waals surface area contributed by atoms with Gasteiger partial charge in [0.25, 0.3) is 0 Å². The molecular weight excluding hydrogens is 262 g/mol. The van der Waals surface area contributed by atoms with E-state index in [0.29, 0.717) is 11.6 Å². The summed E-state index contributed by atoms with van der Waals surface area (Å²) in [6, 6.07) is 7.55. The van der Waals surface area contributed by atoms with Gasteiger partial charge in [-0.05, 0) is 12.1 Å². The lowest BCUT2D eigenvalue weighted by atomic mass is 10.2. The number of aromatic hydroxyl groups is 1. The molecule has 2 aromatic rings. The molecule has 0 fully saturated rings. The molecule has 0 saturated heterocycles. The van der Waals surface area contributed by atoms with Gasteiger partial charge in [-0.3, -0.25) is 15.1 Å². The minimum atomic E-state index is -0.651. The van der Waals surface area contributed by atoms with Gasteiger partial charge in [-0.2, -0.15) is 0 Å². The number of nitrogens with zero attached hydrogens (tertiary/aromatic N) is 3. The second-order valence-electron chi connectivity index (χ2n) is 3.79. The van der Waals surface area contributed by atoms with Crippen LogP contribution in [0, 0.1) is 10.1 Å². The van der Waals surface area contributed by atoms with E-state index in [0.717, 1.165) is 0 Å². The summed E-state index contributed by atoms with van der Waals surface area (Å²) in [5.41, 5.74) is 0.438. The van der Waals surface area contributed by atoms with E-state index in [1.54, 1.807) is 12.1 Å². The van der Waals surface area contributed by atoms with Crippen molar-refractivity contribution in [1.82, 2.24) is 4.98 Å². The van der Waals surface area contributed by atoms with E-state index >= 15 is 0 Å². The third kappa shape index (κ3) is 2.89. The predicted molar refractivity (Wildman–Crippen MR) is 72.8 cm³/mol. The number of nitro groups is 1. The summed E-state index contributed by atoms with van der Waals surface area (Å²) >= 11 is 0. The minimum Gasteiger partial charge on any atom is -0.502 e. The van der Waals surface area contributed by atoms with Gasteiger partial charge >= 0.3 is 5.69 Å². The molecule has 1 aromatic carbocycles. The van der Waals surface area contributed by atoms with E-state index in [2.05, 4.69) is 9.98 Å². The summed E-state index contributed by atoms with van der Waals surface area (Å²) in [5, 5.41) is 20.4. The molecule has 2 rings (SSSR count). The maximum Gasteiger partial charge on any atom is 0.311 e. The predicted octanol–water partition coefficient (Wildman–Crippen LogP) is 2.45. The number of benzene rings is 1. The quantitative estimate of drug-likeness (QED) is 0.524. The number of aliphatic imine (C=N–C) groups is 1. The van der Waals surface area contributed by atoms with Crippen LogP contribution in [0.1, 0.15) is 5.56 Å². The molecule has 0 bridgehead atoms. The maximum absolute atomic E-state index is 10.7. The van der Waals surface area contributed by atoms with Crippen molar-refractivity contribution in [2.24, 2.45) is 4.99 Å². The van der Waals surface area contributed by atoms with E-state index in [4.69, 9.17) is 4.74 Å². The Morgan fingerprint density at radius 1 is 1.40 bits per heavy atom. The third-order valence-corrected chi connectivity index (χ3v) is 2.53. The van der Waals surface area contributed by atoms with E-state index in [1.165, 1.54) is 37.7 Å². The summed E-state index contributed by atoms with van der Waals surface area (Å²) in [6.45, 7) is 0. The summed E-state index contributed by atoms with van der Waals surface area (Å²) in [6.07, 6.45) is 2.83. The number of hydrogen-bond donors (Lipinski definition) is 1. The molecule has 1 heterocycles. The van der Waals surface area contributed by atoms with Gasteiger partial charge in [0.2, 0.25) is 11.6 Å². The molecule has 0 aliphatic carbocycles. The standard InChI is InChI=1S/C13H11N3O4/c1-20-12-6-5-10(8-15-12)14-7-9-3-2-4-11(13(9)17)16(18)19/h2-8,17H,1H3. The van der Waals surface area contributed by atoms with Crippen molar-refractivity contribution in [2.75, 3.05) is 7.11 Å². The first kappa shape index (κ1) is 13.5. The van der Waals surface area contributed by atoms with Crippen LogP contribution in [0.25, 0.3) is 0 Å². The van der Waals surface area contributed by atoms with E-state index in [-0.39, 0.29) is 11.3 Å². The smallest absolute Gasteiger partial charge is 0.311 e. The zero-order valence-electron chi connectivity index (χ0n) is 10.6. The molecule has 0 saturated carbocycles. The van der Waals surface area contributed by atoms with Crippen LogP contribution in [0.4, 0.5) is 11.4 Å². The first-order valence-corrected chi connectivity index (χ1v) is 5.62. The molecule has 102 valence electrons. The van der Waals surface area contributed by atoms with Crippen LogP contribution in [-0.2, 0) is 0 Å². The number of hydrogen-bond acceptors (Lipinski definition) is 6. The molecule has 7 heteroatoms. The van der Waals surface area contributed by atoms with Crippen LogP contribution in [0.5, 0.6) is 11.6 Å². The molecule has 0 radical (unpaired) electrons. The van der Waals surface area contributed by atoms with Crippen molar-refractivity contribution in [2.45, 2.75) is 0 Å². The van der Waals surface area contributed by atoms with Gasteiger partial charge in [0.05, 0.1) is 23.9 Å². The third-order valence-electron chi connectivity index (χ3n) is 2.53. The largest absolute Gasteiger partial charge is 0.502 e. The molecular formula is C13H11N3O4. The van der Waals surface area contributed by atoms with Crippen molar-refractivity contribution in [3.63, 3.8) is 0 Å². The highest BCUT2D eigenvalue weighted by molar-refractivity contribution is 5.87. The van der Waals surface area contributed by atoms with Crippen molar-refractivity contribution in [3.8, 4) is 11.6 Å². The zero-order chi connectivity index (χ0) is 14.5. The second kappa shape index (κ2) is 5.79. The lowest BCUT2D eigenvalue weighted by Gasteiger charge is -2.00. The molecule has 20 heavy (non-hydrogen) atoms. The van der Waals surface area contributed by atoms with Crippen LogP contribution < -0.4 is 4.74 Å². The van der Waals surface area contributed by atoms with Crippen LogP contribution in [0.15, 0.2) is 41.5 Å². The van der Waals surface area contributed by atoms with Gasteiger partial charge in [-0.15, -0.1) is 0 Å². The van der Waals surface area contributed by atoms with Gasteiger partial charge < -0.3 is 9.84 Å². The average molecular weight is 273 g/mol. The molecule has 0 aliphatic heterocycles. The average Bonchev–Trinajstić information content (AvgIpc) is 2.46. The Morgan fingerprint density at radius 3 is 2.80 bits per heavy atom. The Bertz CT molecular complexity index is 653.